The minimum atomic E-state index is -2.66. The minimum Gasteiger partial charge on any atom is -0.442 e. The van der Waals surface area contributed by atoms with Crippen molar-refractivity contribution in [1.82, 2.24) is 0 Å². The molecule has 0 spiro atoms. The van der Waals surface area contributed by atoms with Gasteiger partial charge in [-0.2, -0.15) is 0 Å². The van der Waals surface area contributed by atoms with Crippen LogP contribution in [0.3, 0.4) is 0 Å². The first-order chi connectivity index (χ1) is 8.22. The Labute approximate surface area is 107 Å². The zero-order valence-corrected chi connectivity index (χ0v) is 14.3. The molecule has 8 heteroatoms. The molecule has 0 aromatic rings. The van der Waals surface area contributed by atoms with E-state index in [1.165, 1.54) is 0 Å². The van der Waals surface area contributed by atoms with Gasteiger partial charge < -0.3 is 27.5 Å². The quantitative estimate of drug-likeness (QED) is 0.449. The molecule has 17 heavy (non-hydrogen) atoms. The van der Waals surface area contributed by atoms with Crippen molar-refractivity contribution < 1.29 is 27.5 Å². The number of hydrogen-bond donors (Lipinski definition) is 1. The van der Waals surface area contributed by atoms with Gasteiger partial charge in [0.15, 0.2) is 0 Å². The second-order valence-electron chi connectivity index (χ2n) is 3.40. The molecule has 2 atom stereocenters. The third-order valence-corrected chi connectivity index (χ3v) is 5.58. The standard InChI is InChI=1S/C9H20O5Si.H4OSi/c1-5-9(14-7-8-6-13-8)15(10-2,11-3)12-4;1-2/h8-9H,5-7H2,1-4H3;1H,2H3. The average Bonchev–Trinajstić information content (AvgIpc) is 3.21. The fraction of sp³-hybridized carbons (Fsp3) is 1.00. The van der Waals surface area contributed by atoms with Gasteiger partial charge in [0, 0.05) is 21.3 Å². The zero-order valence-electron chi connectivity index (χ0n) is 11.3. The molecule has 1 heterocycles. The summed E-state index contributed by atoms with van der Waals surface area (Å²) in [5, 5.41) is 0. The SMILES string of the molecule is CCC(OCC1CO1)[Si](OC)(OC)OC.O[SiH3]. The highest BCUT2D eigenvalue weighted by Crippen LogP contribution is 2.20. The van der Waals surface area contributed by atoms with Crippen molar-refractivity contribution in [3.05, 3.63) is 0 Å². The summed E-state index contributed by atoms with van der Waals surface area (Å²) in [7, 11) is 2.43. The molecule has 2 unspecified atom stereocenters. The van der Waals surface area contributed by atoms with Gasteiger partial charge in [0.2, 0.25) is 0 Å². The Balaban J connectivity index is 0.00000121. The summed E-state index contributed by atoms with van der Waals surface area (Å²) in [6, 6.07) is 0. The van der Waals surface area contributed by atoms with E-state index in [0.717, 1.165) is 13.0 Å². The van der Waals surface area contributed by atoms with Crippen molar-refractivity contribution in [2.75, 3.05) is 34.5 Å². The van der Waals surface area contributed by atoms with Crippen LogP contribution < -0.4 is 0 Å². The van der Waals surface area contributed by atoms with Gasteiger partial charge in [-0.3, -0.25) is 0 Å². The molecular weight excluding hydrogens is 260 g/mol. The Bertz CT molecular complexity index is 178. The molecule has 0 bridgehead atoms. The van der Waals surface area contributed by atoms with Gasteiger partial charge in [-0.25, -0.2) is 0 Å². The maximum atomic E-state index is 7.14. The molecule has 0 aliphatic carbocycles. The smallest absolute Gasteiger partial charge is 0.442 e. The van der Waals surface area contributed by atoms with Crippen LogP contribution in [0.1, 0.15) is 13.3 Å². The summed E-state index contributed by atoms with van der Waals surface area (Å²) < 4.78 is 26.9. The first-order valence-corrected chi connectivity index (χ1v) is 8.25. The topological polar surface area (TPSA) is 69.7 Å². The normalized spacial score (nSPS) is 20.6. The minimum absolute atomic E-state index is 0.123. The van der Waals surface area contributed by atoms with Gasteiger partial charge in [0.25, 0.3) is 0 Å². The number of ether oxygens (including phenoxy) is 2. The Morgan fingerprint density at radius 2 is 1.76 bits per heavy atom. The molecule has 6 nitrogen and oxygen atoms in total. The molecule has 0 aromatic carbocycles. The van der Waals surface area contributed by atoms with E-state index in [2.05, 4.69) is 0 Å². The van der Waals surface area contributed by atoms with Gasteiger partial charge in [0.05, 0.1) is 13.2 Å². The first kappa shape index (κ1) is 17.2. The van der Waals surface area contributed by atoms with Crippen molar-refractivity contribution in [3.8, 4) is 0 Å². The lowest BCUT2D eigenvalue weighted by molar-refractivity contribution is 0.00651. The highest BCUT2D eigenvalue weighted by molar-refractivity contribution is 6.62. The third kappa shape index (κ3) is 5.14. The maximum absolute atomic E-state index is 7.14. The van der Waals surface area contributed by atoms with Gasteiger partial charge in [-0.15, -0.1) is 0 Å². The van der Waals surface area contributed by atoms with Crippen LogP contribution in [0, 0.1) is 0 Å². The molecule has 1 aliphatic rings. The summed E-state index contributed by atoms with van der Waals surface area (Å²) in [5.41, 5.74) is -0.123. The van der Waals surface area contributed by atoms with Crippen LogP contribution in [-0.2, 0) is 22.8 Å². The lowest BCUT2D eigenvalue weighted by atomic mass is 10.5. The highest BCUT2D eigenvalue weighted by Gasteiger charge is 2.48. The van der Waals surface area contributed by atoms with Crippen molar-refractivity contribution in [2.24, 2.45) is 0 Å². The molecule has 1 aliphatic heterocycles. The van der Waals surface area contributed by atoms with E-state index in [0.29, 0.717) is 17.1 Å². The highest BCUT2D eigenvalue weighted by atomic mass is 28.4. The molecule has 104 valence electrons. The average molecular weight is 284 g/mol. The van der Waals surface area contributed by atoms with Crippen LogP contribution in [-0.4, -0.2) is 70.5 Å². The molecule has 1 N–H and O–H groups in total. The third-order valence-electron chi connectivity index (χ3n) is 2.50. The fourth-order valence-corrected chi connectivity index (χ4v) is 3.59. The van der Waals surface area contributed by atoms with Crippen molar-refractivity contribution in [1.29, 1.82) is 0 Å². The van der Waals surface area contributed by atoms with Crippen LogP contribution in [0.2, 0.25) is 0 Å². The van der Waals surface area contributed by atoms with E-state index < -0.39 is 8.80 Å². The predicted octanol–water partition coefficient (Wildman–Crippen LogP) is -1.14. The van der Waals surface area contributed by atoms with Crippen molar-refractivity contribution in [2.45, 2.75) is 25.2 Å². The number of hydrogen-bond acceptors (Lipinski definition) is 6. The summed E-state index contributed by atoms with van der Waals surface area (Å²) in [4.78, 5) is 7.14. The number of rotatable bonds is 8. The zero-order chi connectivity index (χ0) is 13.3. The number of epoxide rings is 1. The van der Waals surface area contributed by atoms with Gasteiger partial charge in [0.1, 0.15) is 22.3 Å². The van der Waals surface area contributed by atoms with Crippen LogP contribution in [0.15, 0.2) is 0 Å². The molecule has 0 aromatic heterocycles. The first-order valence-electron chi connectivity index (χ1n) is 5.55. The van der Waals surface area contributed by atoms with Crippen LogP contribution >= 0.6 is 0 Å². The summed E-state index contributed by atoms with van der Waals surface area (Å²) in [6.07, 6.45) is 1.05. The van der Waals surface area contributed by atoms with Crippen LogP contribution in [0.5, 0.6) is 0 Å². The van der Waals surface area contributed by atoms with Crippen molar-refractivity contribution in [3.63, 3.8) is 0 Å². The lowest BCUT2D eigenvalue weighted by Crippen LogP contribution is -2.55. The van der Waals surface area contributed by atoms with E-state index in [9.17, 15) is 0 Å². The molecular formula is C9H24O6Si2. The van der Waals surface area contributed by atoms with Crippen LogP contribution in [0.25, 0.3) is 0 Å². The molecule has 0 radical (unpaired) electrons. The molecule has 1 fully saturated rings. The fourth-order valence-electron chi connectivity index (χ4n) is 1.50. The van der Waals surface area contributed by atoms with Gasteiger partial charge in [-0.05, 0) is 6.42 Å². The van der Waals surface area contributed by atoms with Gasteiger partial charge in [-0.1, -0.05) is 6.92 Å². The van der Waals surface area contributed by atoms with Crippen LogP contribution in [0.4, 0.5) is 0 Å². The lowest BCUT2D eigenvalue weighted by Gasteiger charge is -2.31. The van der Waals surface area contributed by atoms with E-state index in [1.807, 2.05) is 6.92 Å². The molecule has 1 saturated heterocycles. The van der Waals surface area contributed by atoms with E-state index in [-0.39, 0.29) is 11.8 Å². The molecule has 0 saturated carbocycles. The Kier molecular flexibility index (Phi) is 9.27. The Morgan fingerprint density at radius 1 is 1.29 bits per heavy atom. The second kappa shape index (κ2) is 9.17. The summed E-state index contributed by atoms with van der Waals surface area (Å²) in [5.74, 6) is 0. The summed E-state index contributed by atoms with van der Waals surface area (Å²) in [6.45, 7) is 3.40. The Hall–Kier alpha value is 0.194. The monoisotopic (exact) mass is 284 g/mol. The molecule has 0 amide bonds. The Morgan fingerprint density at radius 3 is 2.06 bits per heavy atom. The van der Waals surface area contributed by atoms with E-state index in [1.54, 1.807) is 21.3 Å². The van der Waals surface area contributed by atoms with E-state index in [4.69, 9.17) is 27.5 Å². The molecule has 1 rings (SSSR count). The maximum Gasteiger partial charge on any atom is 0.530 e. The second-order valence-corrected chi connectivity index (χ2v) is 6.48. The van der Waals surface area contributed by atoms with Crippen molar-refractivity contribution >= 4 is 19.3 Å². The largest absolute Gasteiger partial charge is 0.530 e. The predicted molar refractivity (Wildman–Crippen MR) is 68.7 cm³/mol. The van der Waals surface area contributed by atoms with Gasteiger partial charge >= 0.3 is 8.80 Å². The summed E-state index contributed by atoms with van der Waals surface area (Å²) >= 11 is 0. The van der Waals surface area contributed by atoms with E-state index >= 15 is 0 Å².